The van der Waals surface area contributed by atoms with Crippen molar-refractivity contribution in [2.24, 2.45) is 39.9 Å². The van der Waals surface area contributed by atoms with Gasteiger partial charge in [-0.25, -0.2) is 0 Å². The largest absolute Gasteiger partial charge is 0.481 e. The van der Waals surface area contributed by atoms with Gasteiger partial charge in [-0.15, -0.1) is 0 Å². The number of ether oxygens (including phenoxy) is 1. The molecule has 0 radical (unpaired) electrons. The lowest BCUT2D eigenvalue weighted by molar-refractivity contribution is -0.143. The van der Waals surface area contributed by atoms with Crippen LogP contribution in [0.5, 0.6) is 0 Å². The van der Waals surface area contributed by atoms with Crippen LogP contribution in [0.15, 0.2) is 23.3 Å². The first-order valence-electron chi connectivity index (χ1n) is 12.8. The Kier molecular flexibility index (Phi) is 6.50. The first-order valence-corrected chi connectivity index (χ1v) is 12.8. The average Bonchev–Trinajstić information content (AvgIpc) is 2.99. The summed E-state index contributed by atoms with van der Waals surface area (Å²) in [7, 11) is 0. The van der Waals surface area contributed by atoms with E-state index in [0.717, 1.165) is 44.8 Å². The number of aliphatic carboxylic acids is 1. The highest BCUT2D eigenvalue weighted by atomic mass is 16.5. The Morgan fingerprint density at radius 2 is 2.00 bits per heavy atom. The van der Waals surface area contributed by atoms with Gasteiger partial charge in [0.05, 0.1) is 0 Å². The molecular weight excluding hydrogens is 416 g/mol. The van der Waals surface area contributed by atoms with Gasteiger partial charge in [-0.2, -0.15) is 0 Å². The number of carbonyl (C=O) groups excluding carboxylic acids is 2. The van der Waals surface area contributed by atoms with Crippen LogP contribution in [0.4, 0.5) is 0 Å². The van der Waals surface area contributed by atoms with E-state index < -0.39 is 11.4 Å². The summed E-state index contributed by atoms with van der Waals surface area (Å²) < 4.78 is 5.65. The van der Waals surface area contributed by atoms with Crippen LogP contribution in [0.25, 0.3) is 0 Å². The van der Waals surface area contributed by atoms with Gasteiger partial charge < -0.3 is 14.6 Å². The minimum absolute atomic E-state index is 0.00639. The quantitative estimate of drug-likeness (QED) is 0.301. The summed E-state index contributed by atoms with van der Waals surface area (Å²) >= 11 is 0. The lowest BCUT2D eigenvalue weighted by Gasteiger charge is -2.55. The van der Waals surface area contributed by atoms with Gasteiger partial charge in [0.1, 0.15) is 12.9 Å². The Balaban J connectivity index is 1.56. The molecule has 5 heteroatoms. The SMILES string of the molecule is CC1CC2C3CCC4=CCC(C=O)CC4(C)C3=CCC2(C)C1(C)C(=O)COCCCC(=O)O. The molecule has 4 rings (SSSR count). The molecule has 33 heavy (non-hydrogen) atoms. The van der Waals surface area contributed by atoms with Crippen LogP contribution in [-0.2, 0) is 19.1 Å². The molecule has 0 aromatic carbocycles. The van der Waals surface area contributed by atoms with E-state index in [-0.39, 0.29) is 41.5 Å². The lowest BCUT2D eigenvalue weighted by Crippen LogP contribution is -2.51. The number of hydrogen-bond acceptors (Lipinski definition) is 4. The predicted molar refractivity (Wildman–Crippen MR) is 127 cm³/mol. The van der Waals surface area contributed by atoms with Crippen molar-refractivity contribution in [3.8, 4) is 0 Å². The van der Waals surface area contributed by atoms with Crippen LogP contribution in [0.2, 0.25) is 0 Å². The maximum Gasteiger partial charge on any atom is 0.303 e. The van der Waals surface area contributed by atoms with Crippen LogP contribution in [0.3, 0.4) is 0 Å². The summed E-state index contributed by atoms with van der Waals surface area (Å²) in [4.78, 5) is 35.9. The third-order valence-corrected chi connectivity index (χ3v) is 10.3. The first-order chi connectivity index (χ1) is 15.6. The maximum absolute atomic E-state index is 13.6. The van der Waals surface area contributed by atoms with Crippen LogP contribution in [0, 0.1) is 39.9 Å². The van der Waals surface area contributed by atoms with Crippen LogP contribution in [0.1, 0.15) is 79.1 Å². The minimum atomic E-state index is -0.835. The zero-order chi connectivity index (χ0) is 24.0. The third-order valence-electron chi connectivity index (χ3n) is 10.3. The van der Waals surface area contributed by atoms with E-state index in [2.05, 4.69) is 39.8 Å². The summed E-state index contributed by atoms with van der Waals surface area (Å²) in [6.45, 7) is 9.42. The number of hydrogen-bond donors (Lipinski definition) is 1. The van der Waals surface area contributed by atoms with Gasteiger partial charge in [-0.3, -0.25) is 9.59 Å². The number of carboxylic acid groups (broad SMARTS) is 1. The number of allylic oxidation sites excluding steroid dienone is 4. The molecule has 0 heterocycles. The molecule has 0 aromatic rings. The summed E-state index contributed by atoms with van der Waals surface area (Å²) in [6.07, 6.45) is 12.4. The van der Waals surface area contributed by atoms with Crippen LogP contribution >= 0.6 is 0 Å². The van der Waals surface area contributed by atoms with Crippen molar-refractivity contribution in [2.75, 3.05) is 13.2 Å². The highest BCUT2D eigenvalue weighted by molar-refractivity contribution is 5.87. The number of Topliss-reactive ketones (excluding diaryl/α,β-unsaturated/α-hetero) is 1. The molecule has 7 atom stereocenters. The lowest BCUT2D eigenvalue weighted by atomic mass is 9.48. The van der Waals surface area contributed by atoms with E-state index in [4.69, 9.17) is 9.84 Å². The topological polar surface area (TPSA) is 80.7 Å². The van der Waals surface area contributed by atoms with Gasteiger partial charge >= 0.3 is 5.97 Å². The number of ketones is 1. The van der Waals surface area contributed by atoms with E-state index in [1.165, 1.54) is 11.1 Å². The van der Waals surface area contributed by atoms with Crippen molar-refractivity contribution in [3.05, 3.63) is 23.3 Å². The smallest absolute Gasteiger partial charge is 0.303 e. The molecule has 2 fully saturated rings. The molecule has 4 aliphatic rings. The van der Waals surface area contributed by atoms with E-state index in [9.17, 15) is 14.4 Å². The molecular formula is C28H40O5. The monoisotopic (exact) mass is 456 g/mol. The fraction of sp³-hybridized carbons (Fsp3) is 0.750. The molecule has 4 aliphatic carbocycles. The normalized spacial score (nSPS) is 41.8. The molecule has 0 spiro atoms. The molecule has 0 aromatic heterocycles. The maximum atomic E-state index is 13.6. The van der Waals surface area contributed by atoms with E-state index in [1.807, 2.05) is 0 Å². The van der Waals surface area contributed by atoms with Crippen LogP contribution in [-0.4, -0.2) is 36.4 Å². The van der Waals surface area contributed by atoms with Gasteiger partial charge in [0, 0.05) is 29.8 Å². The Morgan fingerprint density at radius 3 is 2.70 bits per heavy atom. The number of fused-ring (bicyclic) bond motifs is 5. The molecule has 0 amide bonds. The zero-order valence-corrected chi connectivity index (χ0v) is 20.7. The second-order valence-electron chi connectivity index (χ2n) is 11.7. The number of aldehydes is 1. The molecule has 0 aliphatic heterocycles. The van der Waals surface area contributed by atoms with Crippen molar-refractivity contribution in [2.45, 2.75) is 79.1 Å². The summed E-state index contributed by atoms with van der Waals surface area (Å²) in [5.74, 6) is 0.647. The van der Waals surface area contributed by atoms with Gasteiger partial charge in [0.15, 0.2) is 5.78 Å². The molecule has 7 unspecified atom stereocenters. The second-order valence-corrected chi connectivity index (χ2v) is 11.7. The van der Waals surface area contributed by atoms with Crippen molar-refractivity contribution >= 4 is 18.0 Å². The molecule has 0 bridgehead atoms. The van der Waals surface area contributed by atoms with E-state index in [0.29, 0.717) is 24.9 Å². The molecule has 0 saturated heterocycles. The predicted octanol–water partition coefficient (Wildman–Crippen LogP) is 5.39. The number of rotatable bonds is 8. The number of carboxylic acids is 1. The minimum Gasteiger partial charge on any atom is -0.481 e. The van der Waals surface area contributed by atoms with E-state index >= 15 is 0 Å². The first kappa shape index (κ1) is 24.4. The van der Waals surface area contributed by atoms with Gasteiger partial charge in [0.25, 0.3) is 0 Å². The second kappa shape index (κ2) is 8.79. The Labute approximate surface area is 198 Å². The summed E-state index contributed by atoms with van der Waals surface area (Å²) in [5, 5.41) is 8.80. The molecule has 5 nitrogen and oxygen atoms in total. The summed E-state index contributed by atoms with van der Waals surface area (Å²) in [5.41, 5.74) is 2.47. The number of carbonyl (C=O) groups is 3. The van der Waals surface area contributed by atoms with Crippen molar-refractivity contribution < 1.29 is 24.2 Å². The third kappa shape index (κ3) is 3.75. The fourth-order valence-electron chi connectivity index (χ4n) is 8.06. The molecule has 2 saturated carbocycles. The standard InChI is InChI=1S/C28H40O5/c1-18-14-23-21-10-9-20-8-7-19(16-29)15-26(20,2)22(21)11-12-27(23,3)28(18,4)24(30)17-33-13-5-6-25(31)32/h8,11,16,18-19,21,23H,5-7,9-10,12-15,17H2,1-4H3,(H,31,32). The Hall–Kier alpha value is -1.75. The van der Waals surface area contributed by atoms with Crippen molar-refractivity contribution in [1.82, 2.24) is 0 Å². The van der Waals surface area contributed by atoms with Crippen molar-refractivity contribution in [3.63, 3.8) is 0 Å². The highest BCUT2D eigenvalue weighted by Crippen LogP contribution is 2.69. The Morgan fingerprint density at radius 1 is 1.24 bits per heavy atom. The zero-order valence-electron chi connectivity index (χ0n) is 20.7. The molecule has 1 N–H and O–H groups in total. The van der Waals surface area contributed by atoms with Crippen molar-refractivity contribution in [1.29, 1.82) is 0 Å². The summed E-state index contributed by atoms with van der Waals surface area (Å²) in [6, 6.07) is 0. The fourth-order valence-corrected chi connectivity index (χ4v) is 8.06. The molecule has 182 valence electrons. The Bertz CT molecular complexity index is 887. The van der Waals surface area contributed by atoms with Gasteiger partial charge in [-0.05, 0) is 68.1 Å². The highest BCUT2D eigenvalue weighted by Gasteiger charge is 2.65. The van der Waals surface area contributed by atoms with Gasteiger partial charge in [-0.1, -0.05) is 51.0 Å². The average molecular weight is 457 g/mol. The van der Waals surface area contributed by atoms with Gasteiger partial charge in [0.2, 0.25) is 0 Å². The van der Waals surface area contributed by atoms with E-state index in [1.54, 1.807) is 0 Å². The van der Waals surface area contributed by atoms with Crippen LogP contribution < -0.4 is 0 Å².